The fraction of sp³-hybridized carbons (Fsp3) is 0.240. The lowest BCUT2D eigenvalue weighted by Gasteiger charge is -2.08. The van der Waals surface area contributed by atoms with Crippen LogP contribution in [0.5, 0.6) is 0 Å². The van der Waals surface area contributed by atoms with E-state index >= 15 is 0 Å². The van der Waals surface area contributed by atoms with Crippen LogP contribution in [0, 0.1) is 18.3 Å². The molecule has 0 saturated heterocycles. The zero-order chi connectivity index (χ0) is 22.7. The number of aromatic nitrogens is 2. The number of aryl methyl sites for hydroxylation is 2. The highest BCUT2D eigenvalue weighted by Crippen LogP contribution is 2.33. The lowest BCUT2D eigenvalue weighted by atomic mass is 9.99. The number of nitriles is 1. The molecule has 0 atom stereocenters. The van der Waals surface area contributed by atoms with Crippen molar-refractivity contribution in [3.8, 4) is 17.2 Å². The Labute approximate surface area is 191 Å². The molecule has 0 aliphatic carbocycles. The number of hydrogen-bond acceptors (Lipinski definition) is 6. The van der Waals surface area contributed by atoms with Crippen LogP contribution < -0.4 is 5.32 Å². The Bertz CT molecular complexity index is 1310. The summed E-state index contributed by atoms with van der Waals surface area (Å²) in [6.07, 6.45) is 0.995. The Morgan fingerprint density at radius 1 is 1.22 bits per heavy atom. The van der Waals surface area contributed by atoms with Gasteiger partial charge in [-0.25, -0.2) is 9.78 Å². The summed E-state index contributed by atoms with van der Waals surface area (Å²) in [5.41, 5.74) is 5.00. The van der Waals surface area contributed by atoms with Crippen LogP contribution in [0.1, 0.15) is 39.0 Å². The summed E-state index contributed by atoms with van der Waals surface area (Å²) in [6, 6.07) is 17.4. The average Bonchev–Trinajstić information content (AvgIpc) is 3.33. The number of esters is 1. The van der Waals surface area contributed by atoms with Crippen molar-refractivity contribution in [3.63, 3.8) is 0 Å². The quantitative estimate of drug-likeness (QED) is 0.372. The van der Waals surface area contributed by atoms with E-state index in [1.165, 1.54) is 11.3 Å². The minimum atomic E-state index is -0.350. The largest absolute Gasteiger partial charge is 0.457 e. The van der Waals surface area contributed by atoms with Crippen molar-refractivity contribution in [2.45, 2.75) is 26.9 Å². The van der Waals surface area contributed by atoms with Crippen molar-refractivity contribution in [1.82, 2.24) is 9.55 Å². The van der Waals surface area contributed by atoms with Gasteiger partial charge in [0.15, 0.2) is 0 Å². The van der Waals surface area contributed by atoms with Gasteiger partial charge in [0.2, 0.25) is 5.95 Å². The lowest BCUT2D eigenvalue weighted by molar-refractivity contribution is 0.0480. The van der Waals surface area contributed by atoms with Gasteiger partial charge in [0.25, 0.3) is 0 Å². The van der Waals surface area contributed by atoms with Crippen molar-refractivity contribution in [1.29, 1.82) is 5.26 Å². The van der Waals surface area contributed by atoms with Crippen molar-refractivity contribution in [3.05, 3.63) is 69.4 Å². The summed E-state index contributed by atoms with van der Waals surface area (Å²) in [5, 5.41) is 12.6. The number of hydrogen-bond donors (Lipinski definition) is 1. The number of benzene rings is 2. The standard InChI is InChI=1S/C25H24N4O2S/c1-4-13-27-25-28-21-16(2)32-23(22(21)29(25)3)24(30)31-15-17-9-11-18(12-10-17)20-8-6-5-7-19(20)14-26/h5-12H,4,13,15H2,1-3H3,(H,27,28). The third-order valence-corrected chi connectivity index (χ3v) is 6.36. The van der Waals surface area contributed by atoms with Gasteiger partial charge in [-0.15, -0.1) is 11.3 Å². The summed E-state index contributed by atoms with van der Waals surface area (Å²) in [5.74, 6) is 0.409. The molecule has 0 saturated carbocycles. The maximum Gasteiger partial charge on any atom is 0.350 e. The van der Waals surface area contributed by atoms with E-state index in [2.05, 4.69) is 23.3 Å². The van der Waals surface area contributed by atoms with E-state index in [1.54, 1.807) is 6.07 Å². The molecule has 4 rings (SSSR count). The van der Waals surface area contributed by atoms with E-state index in [4.69, 9.17) is 4.74 Å². The molecule has 0 aliphatic heterocycles. The predicted molar refractivity (Wildman–Crippen MR) is 128 cm³/mol. The number of carbonyl (C=O) groups is 1. The van der Waals surface area contributed by atoms with E-state index in [-0.39, 0.29) is 12.6 Å². The molecule has 7 heteroatoms. The first-order valence-corrected chi connectivity index (χ1v) is 11.3. The van der Waals surface area contributed by atoms with Crippen LogP contribution in [0.3, 0.4) is 0 Å². The Hall–Kier alpha value is -3.63. The zero-order valence-corrected chi connectivity index (χ0v) is 19.1. The SMILES string of the molecule is CCCNc1nc2c(C)sc(C(=O)OCc3ccc(-c4ccccc4C#N)cc3)c2n1C. The summed E-state index contributed by atoms with van der Waals surface area (Å²) >= 11 is 1.41. The topological polar surface area (TPSA) is 79.9 Å². The summed E-state index contributed by atoms with van der Waals surface area (Å²) in [6.45, 7) is 5.07. The first-order chi connectivity index (χ1) is 15.5. The minimum absolute atomic E-state index is 0.177. The molecule has 0 amide bonds. The molecule has 0 bridgehead atoms. The van der Waals surface area contributed by atoms with Gasteiger partial charge < -0.3 is 14.6 Å². The number of fused-ring (bicyclic) bond motifs is 1. The molecule has 2 heterocycles. The van der Waals surface area contributed by atoms with E-state index in [0.717, 1.165) is 51.5 Å². The van der Waals surface area contributed by atoms with Gasteiger partial charge in [-0.3, -0.25) is 0 Å². The van der Waals surface area contributed by atoms with Crippen LogP contribution in [0.4, 0.5) is 5.95 Å². The third kappa shape index (κ3) is 4.10. The first kappa shape index (κ1) is 21.6. The molecule has 4 aromatic rings. The fourth-order valence-electron chi connectivity index (χ4n) is 3.61. The lowest BCUT2D eigenvalue weighted by Crippen LogP contribution is -2.08. The number of carbonyl (C=O) groups excluding carboxylic acids is 1. The van der Waals surface area contributed by atoms with E-state index < -0.39 is 0 Å². The van der Waals surface area contributed by atoms with Crippen LogP contribution in [-0.2, 0) is 18.4 Å². The third-order valence-electron chi connectivity index (χ3n) is 5.30. The second kappa shape index (κ2) is 9.25. The smallest absolute Gasteiger partial charge is 0.350 e. The molecule has 0 radical (unpaired) electrons. The van der Waals surface area contributed by atoms with Crippen molar-refractivity contribution >= 4 is 34.3 Å². The molecule has 2 aromatic heterocycles. The Morgan fingerprint density at radius 3 is 2.69 bits per heavy atom. The second-order valence-electron chi connectivity index (χ2n) is 7.54. The number of rotatable bonds is 7. The number of nitrogens with zero attached hydrogens (tertiary/aromatic N) is 3. The molecule has 0 spiro atoms. The van der Waals surface area contributed by atoms with Crippen LogP contribution in [-0.4, -0.2) is 22.1 Å². The number of nitrogens with one attached hydrogen (secondary N) is 1. The van der Waals surface area contributed by atoms with Crippen LogP contribution in [0.25, 0.3) is 22.2 Å². The highest BCUT2D eigenvalue weighted by molar-refractivity contribution is 7.15. The van der Waals surface area contributed by atoms with Gasteiger partial charge >= 0.3 is 5.97 Å². The number of imidazole rings is 1. The molecule has 0 fully saturated rings. The van der Waals surface area contributed by atoms with Gasteiger partial charge in [0.05, 0.1) is 17.1 Å². The minimum Gasteiger partial charge on any atom is -0.457 e. The van der Waals surface area contributed by atoms with Gasteiger partial charge in [-0.05, 0) is 36.1 Å². The molecule has 162 valence electrons. The summed E-state index contributed by atoms with van der Waals surface area (Å²) in [4.78, 5) is 19.1. The second-order valence-corrected chi connectivity index (χ2v) is 8.76. The van der Waals surface area contributed by atoms with Crippen LogP contribution >= 0.6 is 11.3 Å². The van der Waals surface area contributed by atoms with Crippen molar-refractivity contribution < 1.29 is 9.53 Å². The number of anilines is 1. The Morgan fingerprint density at radius 2 is 1.97 bits per heavy atom. The molecule has 2 aromatic carbocycles. The Kier molecular flexibility index (Phi) is 6.24. The zero-order valence-electron chi connectivity index (χ0n) is 18.3. The van der Waals surface area contributed by atoms with Gasteiger partial charge in [0.1, 0.15) is 17.0 Å². The van der Waals surface area contributed by atoms with E-state index in [9.17, 15) is 10.1 Å². The molecule has 0 unspecified atom stereocenters. The molecule has 0 aliphatic rings. The first-order valence-electron chi connectivity index (χ1n) is 10.5. The summed E-state index contributed by atoms with van der Waals surface area (Å²) in [7, 11) is 1.91. The Balaban J connectivity index is 1.50. The van der Waals surface area contributed by atoms with Gasteiger partial charge in [0, 0.05) is 18.5 Å². The average molecular weight is 445 g/mol. The maximum atomic E-state index is 12.9. The number of ether oxygens (including phenoxy) is 1. The van der Waals surface area contributed by atoms with Gasteiger partial charge in [-0.1, -0.05) is 49.4 Å². The molecule has 6 nitrogen and oxygen atoms in total. The van der Waals surface area contributed by atoms with Crippen LogP contribution in [0.2, 0.25) is 0 Å². The highest BCUT2D eigenvalue weighted by atomic mass is 32.1. The van der Waals surface area contributed by atoms with Gasteiger partial charge in [-0.2, -0.15) is 5.26 Å². The molecular formula is C25H24N4O2S. The van der Waals surface area contributed by atoms with E-state index in [0.29, 0.717) is 10.4 Å². The fourth-order valence-corrected chi connectivity index (χ4v) is 4.63. The van der Waals surface area contributed by atoms with Crippen molar-refractivity contribution in [2.24, 2.45) is 7.05 Å². The normalized spacial score (nSPS) is 10.8. The molecule has 1 N–H and O–H groups in total. The van der Waals surface area contributed by atoms with Crippen molar-refractivity contribution in [2.75, 3.05) is 11.9 Å². The number of thiophene rings is 1. The molecule has 32 heavy (non-hydrogen) atoms. The highest BCUT2D eigenvalue weighted by Gasteiger charge is 2.22. The summed E-state index contributed by atoms with van der Waals surface area (Å²) < 4.78 is 7.55. The molecular weight excluding hydrogens is 420 g/mol. The van der Waals surface area contributed by atoms with Crippen LogP contribution in [0.15, 0.2) is 48.5 Å². The maximum absolute atomic E-state index is 12.9. The monoisotopic (exact) mass is 444 g/mol. The van der Waals surface area contributed by atoms with E-state index in [1.807, 2.05) is 61.0 Å². The predicted octanol–water partition coefficient (Wildman–Crippen LogP) is 5.66.